The largest absolute Gasteiger partial charge is 0.496 e. The lowest BCUT2D eigenvalue weighted by Gasteiger charge is -2.22. The Morgan fingerprint density at radius 3 is 3.06 bits per heavy atom. The molecule has 1 unspecified atom stereocenters. The molecule has 1 fully saturated rings. The van der Waals surface area contributed by atoms with E-state index in [9.17, 15) is 4.79 Å². The average Bonchev–Trinajstić information content (AvgIpc) is 2.40. The lowest BCUT2D eigenvalue weighted by molar-refractivity contribution is 0.0935. The molecule has 1 aliphatic heterocycles. The number of amides is 1. The van der Waals surface area contributed by atoms with E-state index in [4.69, 9.17) is 10.5 Å². The lowest BCUT2D eigenvalue weighted by atomic mass is 10.1. The van der Waals surface area contributed by atoms with Crippen molar-refractivity contribution in [3.05, 3.63) is 23.8 Å². The number of hydrogen-bond acceptors (Lipinski definition) is 4. The van der Waals surface area contributed by atoms with Crippen LogP contribution in [0.3, 0.4) is 0 Å². The third kappa shape index (κ3) is 3.10. The van der Waals surface area contributed by atoms with E-state index in [0.717, 1.165) is 18.6 Å². The van der Waals surface area contributed by atoms with Crippen LogP contribution in [0.1, 0.15) is 23.2 Å². The zero-order valence-electron chi connectivity index (χ0n) is 10.4. The van der Waals surface area contributed by atoms with Gasteiger partial charge in [-0.1, -0.05) is 0 Å². The standard InChI is InChI=1S/C13H18N2O2S/c1-17-12-5-4-9(14)7-11(12)13(16)15-10-3-2-6-18-8-10/h4-5,7,10H,2-3,6,8,14H2,1H3,(H,15,16). The molecule has 1 aromatic carbocycles. The van der Waals surface area contributed by atoms with Crippen LogP contribution >= 0.6 is 11.8 Å². The predicted molar refractivity (Wildman–Crippen MR) is 75.2 cm³/mol. The molecule has 1 aromatic rings. The lowest BCUT2D eigenvalue weighted by Crippen LogP contribution is -2.38. The number of carbonyl (C=O) groups excluding carboxylic acids is 1. The average molecular weight is 266 g/mol. The van der Waals surface area contributed by atoms with E-state index >= 15 is 0 Å². The molecule has 18 heavy (non-hydrogen) atoms. The van der Waals surface area contributed by atoms with Gasteiger partial charge in [-0.05, 0) is 36.8 Å². The summed E-state index contributed by atoms with van der Waals surface area (Å²) in [7, 11) is 1.55. The maximum Gasteiger partial charge on any atom is 0.255 e. The fraction of sp³-hybridized carbons (Fsp3) is 0.462. The van der Waals surface area contributed by atoms with Gasteiger partial charge in [0.1, 0.15) is 5.75 Å². The number of nitrogens with two attached hydrogens (primary N) is 1. The summed E-state index contributed by atoms with van der Waals surface area (Å²) in [4.78, 5) is 12.2. The SMILES string of the molecule is COc1ccc(N)cc1C(=O)NC1CCCSC1. The van der Waals surface area contributed by atoms with Crippen LogP contribution in [-0.2, 0) is 0 Å². The number of hydrogen-bond donors (Lipinski definition) is 2. The van der Waals surface area contributed by atoms with E-state index in [2.05, 4.69) is 5.32 Å². The van der Waals surface area contributed by atoms with Crippen molar-refractivity contribution in [3.63, 3.8) is 0 Å². The van der Waals surface area contributed by atoms with E-state index in [0.29, 0.717) is 17.0 Å². The van der Waals surface area contributed by atoms with E-state index in [-0.39, 0.29) is 11.9 Å². The topological polar surface area (TPSA) is 64.3 Å². The Kier molecular flexibility index (Phi) is 4.36. The van der Waals surface area contributed by atoms with Crippen LogP contribution in [0.15, 0.2) is 18.2 Å². The molecule has 0 bridgehead atoms. The first-order valence-corrected chi connectivity index (χ1v) is 7.18. The summed E-state index contributed by atoms with van der Waals surface area (Å²) in [5.41, 5.74) is 6.79. The Hall–Kier alpha value is -1.36. The highest BCUT2D eigenvalue weighted by Gasteiger charge is 2.19. The first kappa shape index (κ1) is 13.1. The van der Waals surface area contributed by atoms with Crippen molar-refractivity contribution in [2.75, 3.05) is 24.3 Å². The van der Waals surface area contributed by atoms with Crippen molar-refractivity contribution < 1.29 is 9.53 Å². The van der Waals surface area contributed by atoms with Gasteiger partial charge < -0.3 is 15.8 Å². The molecule has 0 aromatic heterocycles. The van der Waals surface area contributed by atoms with E-state index in [1.54, 1.807) is 25.3 Å². The van der Waals surface area contributed by atoms with Crippen molar-refractivity contribution >= 4 is 23.4 Å². The molecule has 1 heterocycles. The quantitative estimate of drug-likeness (QED) is 0.820. The molecule has 4 nitrogen and oxygen atoms in total. The van der Waals surface area contributed by atoms with Gasteiger partial charge in [0.2, 0.25) is 0 Å². The zero-order valence-corrected chi connectivity index (χ0v) is 11.3. The number of nitrogen functional groups attached to an aromatic ring is 1. The van der Waals surface area contributed by atoms with Crippen molar-refractivity contribution in [1.82, 2.24) is 5.32 Å². The third-order valence-corrected chi connectivity index (χ3v) is 4.18. The van der Waals surface area contributed by atoms with Crippen molar-refractivity contribution in [2.24, 2.45) is 0 Å². The number of anilines is 1. The van der Waals surface area contributed by atoms with Crippen LogP contribution in [0.4, 0.5) is 5.69 Å². The molecule has 2 rings (SSSR count). The van der Waals surface area contributed by atoms with Crippen LogP contribution in [0.2, 0.25) is 0 Å². The maximum absolute atomic E-state index is 12.2. The Labute approximate surface area is 111 Å². The molecular formula is C13H18N2O2S. The predicted octanol–water partition coefficient (Wildman–Crippen LogP) is 1.90. The number of methoxy groups -OCH3 is 1. The number of nitrogens with one attached hydrogen (secondary N) is 1. The third-order valence-electron chi connectivity index (χ3n) is 2.96. The second kappa shape index (κ2) is 6.00. The summed E-state index contributed by atoms with van der Waals surface area (Å²) >= 11 is 1.88. The highest BCUT2D eigenvalue weighted by atomic mass is 32.2. The number of rotatable bonds is 3. The van der Waals surface area contributed by atoms with Gasteiger partial charge in [-0.3, -0.25) is 4.79 Å². The van der Waals surface area contributed by atoms with Gasteiger partial charge in [0.15, 0.2) is 0 Å². The summed E-state index contributed by atoms with van der Waals surface area (Å²) in [6.45, 7) is 0. The van der Waals surface area contributed by atoms with Gasteiger partial charge in [0.25, 0.3) is 5.91 Å². The number of carbonyl (C=O) groups is 1. The van der Waals surface area contributed by atoms with Gasteiger partial charge >= 0.3 is 0 Å². The molecule has 0 aliphatic carbocycles. The van der Waals surface area contributed by atoms with E-state index in [1.165, 1.54) is 5.75 Å². The molecule has 0 radical (unpaired) electrons. The van der Waals surface area contributed by atoms with Gasteiger partial charge in [-0.15, -0.1) is 0 Å². The van der Waals surface area contributed by atoms with Gasteiger partial charge in [-0.2, -0.15) is 11.8 Å². The van der Waals surface area contributed by atoms with Gasteiger partial charge in [0, 0.05) is 17.5 Å². The molecular weight excluding hydrogens is 248 g/mol. The fourth-order valence-electron chi connectivity index (χ4n) is 2.02. The Morgan fingerprint density at radius 2 is 2.39 bits per heavy atom. The molecule has 0 spiro atoms. The number of thioether (sulfide) groups is 1. The van der Waals surface area contributed by atoms with Crippen LogP contribution < -0.4 is 15.8 Å². The highest BCUT2D eigenvalue weighted by molar-refractivity contribution is 7.99. The Morgan fingerprint density at radius 1 is 1.56 bits per heavy atom. The maximum atomic E-state index is 12.2. The summed E-state index contributed by atoms with van der Waals surface area (Å²) in [6, 6.07) is 5.36. The normalized spacial score (nSPS) is 19.3. The summed E-state index contributed by atoms with van der Waals surface area (Å²) in [5, 5.41) is 3.04. The molecule has 0 saturated carbocycles. The molecule has 1 saturated heterocycles. The molecule has 1 aliphatic rings. The summed E-state index contributed by atoms with van der Waals surface area (Å²) < 4.78 is 5.19. The van der Waals surface area contributed by atoms with Crippen LogP contribution in [-0.4, -0.2) is 30.6 Å². The van der Waals surface area contributed by atoms with Gasteiger partial charge in [0.05, 0.1) is 12.7 Å². The second-order valence-corrected chi connectivity index (χ2v) is 5.50. The van der Waals surface area contributed by atoms with Crippen molar-refractivity contribution in [3.8, 4) is 5.75 Å². The van der Waals surface area contributed by atoms with Crippen LogP contribution in [0.25, 0.3) is 0 Å². The molecule has 3 N–H and O–H groups in total. The fourth-order valence-corrected chi connectivity index (χ4v) is 3.09. The zero-order chi connectivity index (χ0) is 13.0. The monoisotopic (exact) mass is 266 g/mol. The molecule has 98 valence electrons. The second-order valence-electron chi connectivity index (χ2n) is 4.35. The minimum absolute atomic E-state index is 0.105. The Balaban J connectivity index is 2.09. The number of benzene rings is 1. The molecule has 1 amide bonds. The van der Waals surface area contributed by atoms with E-state index in [1.807, 2.05) is 11.8 Å². The van der Waals surface area contributed by atoms with E-state index < -0.39 is 0 Å². The highest BCUT2D eigenvalue weighted by Crippen LogP contribution is 2.22. The van der Waals surface area contributed by atoms with Crippen LogP contribution in [0.5, 0.6) is 5.75 Å². The van der Waals surface area contributed by atoms with Crippen molar-refractivity contribution in [2.45, 2.75) is 18.9 Å². The summed E-state index contributed by atoms with van der Waals surface area (Å²) in [6.07, 6.45) is 2.20. The Bertz CT molecular complexity index is 431. The van der Waals surface area contributed by atoms with Gasteiger partial charge in [-0.25, -0.2) is 0 Å². The van der Waals surface area contributed by atoms with Crippen molar-refractivity contribution in [1.29, 1.82) is 0 Å². The molecule has 1 atom stereocenters. The molecule has 5 heteroatoms. The smallest absolute Gasteiger partial charge is 0.255 e. The van der Waals surface area contributed by atoms with Crippen LogP contribution in [0, 0.1) is 0 Å². The minimum atomic E-state index is -0.105. The first-order valence-electron chi connectivity index (χ1n) is 6.03. The summed E-state index contributed by atoms with van der Waals surface area (Å²) in [5.74, 6) is 2.63. The number of ether oxygens (including phenoxy) is 1. The minimum Gasteiger partial charge on any atom is -0.496 e. The first-order chi connectivity index (χ1) is 8.70.